The number of fused-ring (bicyclic) bond motifs is 4. The predicted molar refractivity (Wildman–Crippen MR) is 119 cm³/mol. The van der Waals surface area contributed by atoms with Gasteiger partial charge in [-0.3, -0.25) is 9.69 Å². The number of aromatic nitrogens is 1. The Morgan fingerprint density at radius 3 is 2.63 bits per heavy atom. The molecule has 0 saturated carbocycles. The van der Waals surface area contributed by atoms with Gasteiger partial charge in [-0.05, 0) is 48.5 Å². The third-order valence-electron chi connectivity index (χ3n) is 6.17. The SMILES string of the molecule is CCN1C(=O)[C@H]2Cc3c([nH]c4ccccc34)[C@H](c3ccc(OC)c(OC)c3)N2C1=S. The van der Waals surface area contributed by atoms with Gasteiger partial charge in [0.25, 0.3) is 5.91 Å². The number of hydrogen-bond acceptors (Lipinski definition) is 4. The minimum Gasteiger partial charge on any atom is -0.493 e. The molecule has 3 heterocycles. The van der Waals surface area contributed by atoms with Gasteiger partial charge >= 0.3 is 0 Å². The normalized spacial score (nSPS) is 20.5. The number of rotatable bonds is 4. The van der Waals surface area contributed by atoms with Crippen LogP contribution in [-0.2, 0) is 11.2 Å². The second-order valence-electron chi connectivity index (χ2n) is 7.57. The van der Waals surface area contributed by atoms with Crippen LogP contribution in [0.2, 0.25) is 0 Å². The Morgan fingerprint density at radius 2 is 1.90 bits per heavy atom. The van der Waals surface area contributed by atoms with Crippen LogP contribution in [0.1, 0.15) is 29.8 Å². The van der Waals surface area contributed by atoms with Crippen LogP contribution in [-0.4, -0.2) is 52.6 Å². The number of hydrogen-bond donors (Lipinski definition) is 1. The van der Waals surface area contributed by atoms with Gasteiger partial charge in [-0.2, -0.15) is 0 Å². The zero-order valence-electron chi connectivity index (χ0n) is 17.1. The first-order chi connectivity index (χ1) is 14.6. The fourth-order valence-corrected chi connectivity index (χ4v) is 5.24. The Bertz CT molecular complexity index is 1170. The van der Waals surface area contributed by atoms with Crippen LogP contribution >= 0.6 is 12.2 Å². The maximum absolute atomic E-state index is 13.2. The quantitative estimate of drug-likeness (QED) is 0.652. The zero-order chi connectivity index (χ0) is 21.0. The molecular formula is C23H23N3O3S. The number of likely N-dealkylation sites (N-methyl/N-ethyl adjacent to an activating group) is 1. The summed E-state index contributed by atoms with van der Waals surface area (Å²) in [6.07, 6.45) is 0.638. The first-order valence-corrected chi connectivity index (χ1v) is 10.4. The van der Waals surface area contributed by atoms with Crippen LogP contribution in [0, 0.1) is 0 Å². The number of nitrogens with one attached hydrogen (secondary N) is 1. The summed E-state index contributed by atoms with van der Waals surface area (Å²) < 4.78 is 11.0. The lowest BCUT2D eigenvalue weighted by Gasteiger charge is -2.37. The molecule has 0 radical (unpaired) electrons. The predicted octanol–water partition coefficient (Wildman–Crippen LogP) is 3.65. The Labute approximate surface area is 180 Å². The van der Waals surface area contributed by atoms with Gasteiger partial charge in [0.2, 0.25) is 0 Å². The van der Waals surface area contributed by atoms with E-state index in [1.165, 1.54) is 5.56 Å². The first-order valence-electron chi connectivity index (χ1n) is 10.0. The summed E-state index contributed by atoms with van der Waals surface area (Å²) in [5.41, 5.74) is 4.33. The maximum Gasteiger partial charge on any atom is 0.251 e. The highest BCUT2D eigenvalue weighted by molar-refractivity contribution is 7.80. The Balaban J connectivity index is 1.74. The van der Waals surface area contributed by atoms with E-state index in [9.17, 15) is 4.79 Å². The highest BCUT2D eigenvalue weighted by Gasteiger charge is 2.50. The molecular weight excluding hydrogens is 398 g/mol. The Kier molecular flexibility index (Phi) is 4.43. The number of carbonyl (C=O) groups excluding carboxylic acids is 1. The fraction of sp³-hybridized carbons (Fsp3) is 0.304. The van der Waals surface area contributed by atoms with E-state index in [0.29, 0.717) is 29.6 Å². The van der Waals surface area contributed by atoms with Gasteiger partial charge in [-0.25, -0.2) is 0 Å². The minimum absolute atomic E-state index is 0.0731. The lowest BCUT2D eigenvalue weighted by atomic mass is 9.89. The average Bonchev–Trinajstić information content (AvgIpc) is 3.26. The molecule has 5 rings (SSSR count). The monoisotopic (exact) mass is 421 g/mol. The van der Waals surface area contributed by atoms with E-state index >= 15 is 0 Å². The second-order valence-corrected chi connectivity index (χ2v) is 7.94. The molecule has 2 aliphatic heterocycles. The third kappa shape index (κ3) is 2.55. The topological polar surface area (TPSA) is 57.8 Å². The lowest BCUT2D eigenvalue weighted by molar-refractivity contribution is -0.128. The molecule has 1 saturated heterocycles. The van der Waals surface area contributed by atoms with Gasteiger partial charge in [-0.1, -0.05) is 24.3 Å². The van der Waals surface area contributed by atoms with Crippen LogP contribution in [0.3, 0.4) is 0 Å². The summed E-state index contributed by atoms with van der Waals surface area (Å²) in [7, 11) is 3.25. The van der Waals surface area contributed by atoms with Crippen LogP contribution in [0.5, 0.6) is 11.5 Å². The molecule has 2 aromatic carbocycles. The summed E-state index contributed by atoms with van der Waals surface area (Å²) in [6.45, 7) is 2.53. The average molecular weight is 422 g/mol. The molecule has 1 fully saturated rings. The number of benzene rings is 2. The third-order valence-corrected chi connectivity index (χ3v) is 6.61. The Morgan fingerprint density at radius 1 is 1.13 bits per heavy atom. The number of para-hydroxylation sites is 1. The van der Waals surface area contributed by atoms with Crippen molar-refractivity contribution in [1.29, 1.82) is 0 Å². The number of amides is 1. The van der Waals surface area contributed by atoms with Gasteiger partial charge in [0, 0.05) is 29.6 Å². The van der Waals surface area contributed by atoms with Crippen LogP contribution in [0.15, 0.2) is 42.5 Å². The highest BCUT2D eigenvalue weighted by Crippen LogP contribution is 2.45. The van der Waals surface area contributed by atoms with Crippen molar-refractivity contribution in [1.82, 2.24) is 14.8 Å². The number of thiocarbonyl (C=S) groups is 1. The Hall–Kier alpha value is -3.06. The standard InChI is InChI=1S/C23H23N3O3S/c1-4-25-22(27)17-12-15-14-7-5-6-8-16(14)24-20(15)21(26(17)23(25)30)13-9-10-18(28-2)19(11-13)29-3/h5-11,17,21,24H,4,12H2,1-3H3/t17-,21+/m1/s1. The molecule has 6 nitrogen and oxygen atoms in total. The van der Waals surface area contributed by atoms with Crippen LogP contribution < -0.4 is 9.47 Å². The van der Waals surface area contributed by atoms with Gasteiger partial charge in [-0.15, -0.1) is 0 Å². The van der Waals surface area contributed by atoms with Crippen molar-refractivity contribution in [2.45, 2.75) is 25.4 Å². The molecule has 7 heteroatoms. The smallest absolute Gasteiger partial charge is 0.251 e. The first kappa shape index (κ1) is 18.9. The molecule has 2 atom stereocenters. The number of H-pyrrole nitrogens is 1. The molecule has 154 valence electrons. The molecule has 3 aromatic rings. The van der Waals surface area contributed by atoms with Gasteiger partial charge in [0.05, 0.1) is 20.3 Å². The van der Waals surface area contributed by atoms with Gasteiger partial charge in [0.1, 0.15) is 6.04 Å². The number of nitrogens with zero attached hydrogens (tertiary/aromatic N) is 2. The highest BCUT2D eigenvalue weighted by atomic mass is 32.1. The van der Waals surface area contributed by atoms with Crippen molar-refractivity contribution in [3.8, 4) is 11.5 Å². The molecule has 2 aliphatic rings. The summed E-state index contributed by atoms with van der Waals surface area (Å²) in [5, 5.41) is 1.74. The summed E-state index contributed by atoms with van der Waals surface area (Å²) in [4.78, 5) is 20.6. The second kappa shape index (κ2) is 7.02. The molecule has 0 bridgehead atoms. The number of aromatic amines is 1. The van der Waals surface area contributed by atoms with E-state index in [2.05, 4.69) is 22.0 Å². The number of methoxy groups -OCH3 is 2. The molecule has 0 aliphatic carbocycles. The van der Waals surface area contributed by atoms with Crippen LogP contribution in [0.4, 0.5) is 0 Å². The fourth-order valence-electron chi connectivity index (χ4n) is 4.79. The van der Waals surface area contributed by atoms with E-state index in [1.54, 1.807) is 19.1 Å². The molecule has 1 N–H and O–H groups in total. The van der Waals surface area contributed by atoms with Crippen molar-refractivity contribution >= 4 is 34.1 Å². The lowest BCUT2D eigenvalue weighted by Crippen LogP contribution is -2.44. The van der Waals surface area contributed by atoms with Crippen molar-refractivity contribution in [3.05, 3.63) is 59.3 Å². The summed E-state index contributed by atoms with van der Waals surface area (Å²) >= 11 is 5.77. The summed E-state index contributed by atoms with van der Waals surface area (Å²) in [5.74, 6) is 1.39. The van der Waals surface area contributed by atoms with E-state index < -0.39 is 0 Å². The van der Waals surface area contributed by atoms with E-state index in [0.717, 1.165) is 22.2 Å². The van der Waals surface area contributed by atoms with Crippen LogP contribution in [0.25, 0.3) is 10.9 Å². The van der Waals surface area contributed by atoms with E-state index in [1.807, 2.05) is 37.3 Å². The van der Waals surface area contributed by atoms with E-state index in [-0.39, 0.29) is 18.0 Å². The van der Waals surface area contributed by atoms with Crippen molar-refractivity contribution in [2.75, 3.05) is 20.8 Å². The summed E-state index contributed by atoms with van der Waals surface area (Å²) in [6, 6.07) is 13.6. The van der Waals surface area contributed by atoms with E-state index in [4.69, 9.17) is 21.7 Å². The van der Waals surface area contributed by atoms with Gasteiger partial charge in [0.15, 0.2) is 16.6 Å². The van der Waals surface area contributed by atoms with Crippen molar-refractivity contribution in [2.24, 2.45) is 0 Å². The largest absolute Gasteiger partial charge is 0.493 e. The minimum atomic E-state index is -0.303. The molecule has 1 aromatic heterocycles. The maximum atomic E-state index is 13.2. The zero-order valence-corrected chi connectivity index (χ0v) is 18.0. The number of ether oxygens (including phenoxy) is 2. The van der Waals surface area contributed by atoms with Crippen molar-refractivity contribution in [3.63, 3.8) is 0 Å². The van der Waals surface area contributed by atoms with Gasteiger partial charge < -0.3 is 19.4 Å². The number of carbonyl (C=O) groups is 1. The molecule has 30 heavy (non-hydrogen) atoms. The molecule has 0 spiro atoms. The molecule has 0 unspecified atom stereocenters. The molecule has 1 amide bonds. The van der Waals surface area contributed by atoms with Crippen molar-refractivity contribution < 1.29 is 14.3 Å².